The zero-order chi connectivity index (χ0) is 7.68. The highest BCUT2D eigenvalue weighted by Crippen LogP contribution is 2.32. The molecule has 0 radical (unpaired) electrons. The van der Waals surface area contributed by atoms with Gasteiger partial charge in [-0.15, -0.1) is 11.8 Å². The van der Waals surface area contributed by atoms with Gasteiger partial charge in [0, 0.05) is 17.7 Å². The maximum Gasteiger partial charge on any atom is 0.118 e. The van der Waals surface area contributed by atoms with Crippen LogP contribution < -0.4 is 5.73 Å². The van der Waals surface area contributed by atoms with Crippen molar-refractivity contribution < 1.29 is 4.42 Å². The largest absolute Gasteiger partial charge is 0.465 e. The maximum atomic E-state index is 5.57. The third-order valence-electron chi connectivity index (χ3n) is 1.83. The van der Waals surface area contributed by atoms with Crippen LogP contribution in [0.25, 0.3) is 0 Å². The Bertz CT molecular complexity index is 235. The van der Waals surface area contributed by atoms with Crippen LogP contribution in [0.5, 0.6) is 0 Å². The van der Waals surface area contributed by atoms with E-state index in [2.05, 4.69) is 6.07 Å². The molecule has 1 aliphatic rings. The first-order chi connectivity index (χ1) is 5.40. The highest BCUT2D eigenvalue weighted by Gasteiger charge is 2.16. The van der Waals surface area contributed by atoms with E-state index in [-0.39, 0.29) is 0 Å². The molecule has 1 aromatic rings. The minimum absolute atomic E-state index is 0.680. The maximum absolute atomic E-state index is 5.57. The molecule has 1 aromatic heterocycles. The highest BCUT2D eigenvalue weighted by molar-refractivity contribution is 7.98. The van der Waals surface area contributed by atoms with Crippen LogP contribution in [0.2, 0.25) is 0 Å². The molecule has 0 fully saturated rings. The molecule has 0 aromatic carbocycles. The summed E-state index contributed by atoms with van der Waals surface area (Å²) in [5, 5.41) is 0. The Morgan fingerprint density at radius 1 is 1.55 bits per heavy atom. The molecular formula is C8H11NOS. The molecule has 0 saturated heterocycles. The Labute approximate surface area is 70.1 Å². The SMILES string of the molecule is NCCc1cc2c(o1)CSC2. The molecule has 0 aliphatic carbocycles. The number of rotatable bonds is 2. The molecule has 1 aliphatic heterocycles. The van der Waals surface area contributed by atoms with Gasteiger partial charge in [0.2, 0.25) is 0 Å². The van der Waals surface area contributed by atoms with Crippen molar-refractivity contribution in [1.82, 2.24) is 0 Å². The van der Waals surface area contributed by atoms with E-state index < -0.39 is 0 Å². The zero-order valence-corrected chi connectivity index (χ0v) is 7.12. The van der Waals surface area contributed by atoms with E-state index >= 15 is 0 Å². The van der Waals surface area contributed by atoms with Gasteiger partial charge in [-0.2, -0.15) is 0 Å². The molecule has 0 amide bonds. The fraction of sp³-hybridized carbons (Fsp3) is 0.500. The van der Waals surface area contributed by atoms with E-state index in [1.165, 1.54) is 11.3 Å². The third-order valence-corrected chi connectivity index (χ3v) is 2.81. The van der Waals surface area contributed by atoms with Gasteiger partial charge in [0.1, 0.15) is 11.5 Å². The van der Waals surface area contributed by atoms with E-state index in [1.807, 2.05) is 11.8 Å². The van der Waals surface area contributed by atoms with Crippen molar-refractivity contribution in [1.29, 1.82) is 0 Å². The summed E-state index contributed by atoms with van der Waals surface area (Å²) in [4.78, 5) is 0. The molecule has 0 spiro atoms. The number of hydrogen-bond donors (Lipinski definition) is 1. The summed E-state index contributed by atoms with van der Waals surface area (Å²) < 4.78 is 5.57. The van der Waals surface area contributed by atoms with Crippen LogP contribution in [0, 0.1) is 0 Å². The summed E-state index contributed by atoms with van der Waals surface area (Å²) in [6, 6.07) is 2.14. The van der Waals surface area contributed by atoms with Crippen LogP contribution in [0.15, 0.2) is 10.5 Å². The molecule has 60 valence electrons. The monoisotopic (exact) mass is 169 g/mol. The summed E-state index contributed by atoms with van der Waals surface area (Å²) in [6.07, 6.45) is 0.873. The normalized spacial score (nSPS) is 15.4. The van der Waals surface area contributed by atoms with Gasteiger partial charge in [0.05, 0.1) is 5.75 Å². The first-order valence-electron chi connectivity index (χ1n) is 3.78. The quantitative estimate of drug-likeness (QED) is 0.729. The summed E-state index contributed by atoms with van der Waals surface area (Å²) >= 11 is 1.91. The third kappa shape index (κ3) is 1.30. The average molecular weight is 169 g/mol. The van der Waals surface area contributed by atoms with Crippen molar-refractivity contribution in [3.05, 3.63) is 23.2 Å². The standard InChI is InChI=1S/C8H11NOS/c9-2-1-7-3-6-4-11-5-8(6)10-7/h3H,1-2,4-5,9H2. The van der Waals surface area contributed by atoms with E-state index in [0.29, 0.717) is 6.54 Å². The van der Waals surface area contributed by atoms with Crippen LogP contribution in [-0.2, 0) is 17.9 Å². The molecule has 2 rings (SSSR count). The number of fused-ring (bicyclic) bond motifs is 1. The van der Waals surface area contributed by atoms with Crippen LogP contribution in [-0.4, -0.2) is 6.54 Å². The number of furan rings is 1. The molecule has 0 unspecified atom stereocenters. The van der Waals surface area contributed by atoms with E-state index in [0.717, 1.165) is 23.7 Å². The second-order valence-corrected chi connectivity index (χ2v) is 3.68. The van der Waals surface area contributed by atoms with Crippen molar-refractivity contribution in [3.8, 4) is 0 Å². The predicted octanol–water partition coefficient (Wildman–Crippen LogP) is 1.53. The van der Waals surface area contributed by atoms with Gasteiger partial charge in [0.25, 0.3) is 0 Å². The molecule has 0 saturated carbocycles. The molecule has 11 heavy (non-hydrogen) atoms. The fourth-order valence-electron chi connectivity index (χ4n) is 1.29. The molecule has 0 atom stereocenters. The minimum Gasteiger partial charge on any atom is -0.465 e. The summed E-state index contributed by atoms with van der Waals surface area (Å²) in [6.45, 7) is 0.680. The van der Waals surface area contributed by atoms with Gasteiger partial charge >= 0.3 is 0 Å². The topological polar surface area (TPSA) is 39.2 Å². The second kappa shape index (κ2) is 2.91. The second-order valence-electron chi connectivity index (χ2n) is 2.69. The summed E-state index contributed by atoms with van der Waals surface area (Å²) in [7, 11) is 0. The molecule has 2 heterocycles. The Morgan fingerprint density at radius 2 is 2.45 bits per heavy atom. The minimum atomic E-state index is 0.680. The summed E-state index contributed by atoms with van der Waals surface area (Å²) in [5.41, 5.74) is 6.79. The predicted molar refractivity (Wildman–Crippen MR) is 46.5 cm³/mol. The Hall–Kier alpha value is -0.410. The van der Waals surface area contributed by atoms with Crippen molar-refractivity contribution in [2.45, 2.75) is 17.9 Å². The molecule has 2 N–H and O–H groups in total. The number of hydrogen-bond acceptors (Lipinski definition) is 3. The van der Waals surface area contributed by atoms with E-state index in [4.69, 9.17) is 10.2 Å². The molecule has 0 bridgehead atoms. The van der Waals surface area contributed by atoms with Gasteiger partial charge < -0.3 is 10.2 Å². The lowest BCUT2D eigenvalue weighted by Crippen LogP contribution is -2.01. The van der Waals surface area contributed by atoms with Crippen molar-refractivity contribution in [3.63, 3.8) is 0 Å². The lowest BCUT2D eigenvalue weighted by Gasteiger charge is -1.90. The van der Waals surface area contributed by atoms with Crippen molar-refractivity contribution >= 4 is 11.8 Å². The fourth-order valence-corrected chi connectivity index (χ4v) is 2.29. The number of thioether (sulfide) groups is 1. The van der Waals surface area contributed by atoms with Gasteiger partial charge in [-0.1, -0.05) is 0 Å². The first kappa shape index (κ1) is 7.25. The Kier molecular flexibility index (Phi) is 1.92. The summed E-state index contributed by atoms with van der Waals surface area (Å²) in [5.74, 6) is 4.37. The lowest BCUT2D eigenvalue weighted by molar-refractivity contribution is 0.481. The first-order valence-corrected chi connectivity index (χ1v) is 4.94. The molecule has 2 nitrogen and oxygen atoms in total. The van der Waals surface area contributed by atoms with E-state index in [1.54, 1.807) is 0 Å². The Morgan fingerprint density at radius 3 is 3.18 bits per heavy atom. The smallest absolute Gasteiger partial charge is 0.118 e. The van der Waals surface area contributed by atoms with Crippen LogP contribution in [0.4, 0.5) is 0 Å². The van der Waals surface area contributed by atoms with Gasteiger partial charge in [0.15, 0.2) is 0 Å². The van der Waals surface area contributed by atoms with Gasteiger partial charge in [-0.05, 0) is 12.6 Å². The van der Waals surface area contributed by atoms with Gasteiger partial charge in [-0.25, -0.2) is 0 Å². The van der Waals surface area contributed by atoms with Crippen LogP contribution in [0.3, 0.4) is 0 Å². The van der Waals surface area contributed by atoms with Crippen LogP contribution in [0.1, 0.15) is 17.1 Å². The van der Waals surface area contributed by atoms with Gasteiger partial charge in [-0.3, -0.25) is 0 Å². The van der Waals surface area contributed by atoms with Crippen molar-refractivity contribution in [2.75, 3.05) is 6.54 Å². The zero-order valence-electron chi connectivity index (χ0n) is 6.30. The van der Waals surface area contributed by atoms with E-state index in [9.17, 15) is 0 Å². The lowest BCUT2D eigenvalue weighted by atomic mass is 10.2. The Balaban J connectivity index is 2.20. The van der Waals surface area contributed by atoms with Crippen LogP contribution >= 0.6 is 11.8 Å². The highest BCUT2D eigenvalue weighted by atomic mass is 32.2. The average Bonchev–Trinajstić information content (AvgIpc) is 2.46. The molecular weight excluding hydrogens is 158 g/mol. The van der Waals surface area contributed by atoms with Crippen molar-refractivity contribution in [2.24, 2.45) is 5.73 Å². The number of nitrogens with two attached hydrogens (primary N) is 1. The molecule has 3 heteroatoms.